The number of benzene rings is 1. The first-order chi connectivity index (χ1) is 6.67. The number of aliphatic hydroxyl groups excluding tert-OH is 1. The molecule has 0 heterocycles. The minimum atomic E-state index is -0.320. The van der Waals surface area contributed by atoms with Crippen LogP contribution in [0.4, 0.5) is 0 Å². The highest BCUT2D eigenvalue weighted by Gasteiger charge is 2.06. The van der Waals surface area contributed by atoms with Crippen LogP contribution in [0.25, 0.3) is 0 Å². The number of nitrogens with two attached hydrogens (primary N) is 1. The van der Waals surface area contributed by atoms with E-state index in [1.807, 2.05) is 6.07 Å². The molecule has 3 N–H and O–H groups in total. The molecule has 0 saturated heterocycles. The zero-order valence-electron chi connectivity index (χ0n) is 7.74. The van der Waals surface area contributed by atoms with Crippen molar-refractivity contribution in [3.8, 4) is 5.75 Å². The molecule has 0 spiro atoms. The average molecular weight is 234 g/mol. The molecule has 0 radical (unpaired) electrons. The Morgan fingerprint density at radius 1 is 1.64 bits per heavy atom. The van der Waals surface area contributed by atoms with E-state index < -0.39 is 0 Å². The topological polar surface area (TPSA) is 55.5 Å². The van der Waals surface area contributed by atoms with Gasteiger partial charge in [0.25, 0.3) is 0 Å². The first-order valence-corrected chi connectivity index (χ1v) is 5.29. The minimum Gasteiger partial charge on any atom is -0.495 e. The Kier molecular flexibility index (Phi) is 4.54. The SMILES string of the molecule is COc1ccc(SC(N)CO)cc1Cl. The molecule has 0 amide bonds. The normalized spacial score (nSPS) is 12.6. The molecule has 1 aromatic carbocycles. The van der Waals surface area contributed by atoms with Crippen LogP contribution >= 0.6 is 23.4 Å². The van der Waals surface area contributed by atoms with Crippen LogP contribution in [0.3, 0.4) is 0 Å². The summed E-state index contributed by atoms with van der Waals surface area (Å²) in [5, 5.41) is 8.99. The van der Waals surface area contributed by atoms with Gasteiger partial charge in [0, 0.05) is 4.90 Å². The second-order valence-corrected chi connectivity index (χ2v) is 4.36. The number of methoxy groups -OCH3 is 1. The molecule has 1 atom stereocenters. The lowest BCUT2D eigenvalue weighted by molar-refractivity contribution is 0.296. The van der Waals surface area contributed by atoms with E-state index in [1.54, 1.807) is 19.2 Å². The van der Waals surface area contributed by atoms with Gasteiger partial charge in [0.15, 0.2) is 0 Å². The van der Waals surface area contributed by atoms with Crippen LogP contribution in [0.1, 0.15) is 0 Å². The monoisotopic (exact) mass is 233 g/mol. The molecule has 78 valence electrons. The van der Waals surface area contributed by atoms with E-state index in [-0.39, 0.29) is 12.0 Å². The molecule has 0 aliphatic heterocycles. The number of rotatable bonds is 4. The maximum Gasteiger partial charge on any atom is 0.137 e. The summed E-state index contributed by atoms with van der Waals surface area (Å²) in [6.07, 6.45) is 0. The molecule has 0 fully saturated rings. The number of hydrogen-bond acceptors (Lipinski definition) is 4. The predicted octanol–water partition coefficient (Wildman–Crippen LogP) is 1.72. The fraction of sp³-hybridized carbons (Fsp3) is 0.333. The van der Waals surface area contributed by atoms with E-state index in [4.69, 9.17) is 27.2 Å². The molecular weight excluding hydrogens is 222 g/mol. The Hall–Kier alpha value is -0.420. The molecule has 0 saturated carbocycles. The van der Waals surface area contributed by atoms with E-state index in [1.165, 1.54) is 11.8 Å². The number of halogens is 1. The van der Waals surface area contributed by atoms with Crippen molar-refractivity contribution in [2.45, 2.75) is 10.3 Å². The lowest BCUT2D eigenvalue weighted by atomic mass is 10.3. The summed E-state index contributed by atoms with van der Waals surface area (Å²) in [4.78, 5) is 0.914. The summed E-state index contributed by atoms with van der Waals surface area (Å²) >= 11 is 7.28. The molecule has 3 nitrogen and oxygen atoms in total. The highest BCUT2D eigenvalue weighted by Crippen LogP contribution is 2.30. The fourth-order valence-electron chi connectivity index (χ4n) is 0.932. The van der Waals surface area contributed by atoms with Gasteiger partial charge in [-0.05, 0) is 18.2 Å². The van der Waals surface area contributed by atoms with E-state index >= 15 is 0 Å². The van der Waals surface area contributed by atoms with Crippen LogP contribution in [-0.2, 0) is 0 Å². The van der Waals surface area contributed by atoms with Gasteiger partial charge in [0.2, 0.25) is 0 Å². The Labute approximate surface area is 92.2 Å². The molecule has 14 heavy (non-hydrogen) atoms. The van der Waals surface area contributed by atoms with Gasteiger partial charge in [0.1, 0.15) is 5.75 Å². The van der Waals surface area contributed by atoms with Gasteiger partial charge in [-0.1, -0.05) is 11.6 Å². The molecular formula is C9H12ClNO2S. The average Bonchev–Trinajstić information content (AvgIpc) is 2.18. The van der Waals surface area contributed by atoms with Crippen molar-refractivity contribution in [3.63, 3.8) is 0 Å². The van der Waals surface area contributed by atoms with E-state index in [0.29, 0.717) is 10.8 Å². The molecule has 1 rings (SSSR count). The highest BCUT2D eigenvalue weighted by atomic mass is 35.5. The first kappa shape index (κ1) is 11.7. The molecule has 0 aliphatic rings. The minimum absolute atomic E-state index is 0.0612. The molecule has 0 aliphatic carbocycles. The van der Waals surface area contributed by atoms with Gasteiger partial charge >= 0.3 is 0 Å². The Balaban J connectivity index is 2.76. The number of hydrogen-bond donors (Lipinski definition) is 2. The first-order valence-electron chi connectivity index (χ1n) is 4.04. The van der Waals surface area contributed by atoms with Crippen molar-refractivity contribution in [3.05, 3.63) is 23.2 Å². The van der Waals surface area contributed by atoms with Crippen molar-refractivity contribution < 1.29 is 9.84 Å². The summed E-state index contributed by atoms with van der Waals surface area (Å²) in [5.41, 5.74) is 5.56. The van der Waals surface area contributed by atoms with E-state index in [0.717, 1.165) is 4.90 Å². The third-order valence-corrected chi connectivity index (χ3v) is 2.86. The fourth-order valence-corrected chi connectivity index (χ4v) is 2.01. The van der Waals surface area contributed by atoms with Crippen molar-refractivity contribution in [1.82, 2.24) is 0 Å². The quantitative estimate of drug-likeness (QED) is 0.614. The maximum absolute atomic E-state index is 8.76. The number of ether oxygens (including phenoxy) is 1. The van der Waals surface area contributed by atoms with E-state index in [2.05, 4.69) is 0 Å². The number of aliphatic hydroxyl groups is 1. The zero-order valence-corrected chi connectivity index (χ0v) is 9.31. The lowest BCUT2D eigenvalue weighted by Gasteiger charge is -2.09. The lowest BCUT2D eigenvalue weighted by Crippen LogP contribution is -2.19. The van der Waals surface area contributed by atoms with Crippen LogP contribution in [0.5, 0.6) is 5.75 Å². The third kappa shape index (κ3) is 3.06. The standard InChI is InChI=1S/C9H12ClNO2S/c1-13-8-3-2-6(4-7(8)10)14-9(11)5-12/h2-4,9,12H,5,11H2,1H3. The third-order valence-electron chi connectivity index (χ3n) is 1.59. The Bertz CT molecular complexity index is 309. The van der Waals surface area contributed by atoms with Crippen LogP contribution in [0, 0.1) is 0 Å². The predicted molar refractivity (Wildman–Crippen MR) is 58.9 cm³/mol. The van der Waals surface area contributed by atoms with Crippen molar-refractivity contribution in [2.75, 3.05) is 13.7 Å². The van der Waals surface area contributed by atoms with Crippen molar-refractivity contribution in [2.24, 2.45) is 5.73 Å². The summed E-state index contributed by atoms with van der Waals surface area (Å²) in [5.74, 6) is 0.633. The van der Waals surface area contributed by atoms with Gasteiger partial charge in [-0.2, -0.15) is 0 Å². The van der Waals surface area contributed by atoms with E-state index in [9.17, 15) is 0 Å². The summed E-state index contributed by atoms with van der Waals surface area (Å²) in [6.45, 7) is -0.0612. The summed E-state index contributed by atoms with van der Waals surface area (Å²) < 4.78 is 5.01. The Morgan fingerprint density at radius 2 is 2.36 bits per heavy atom. The molecule has 0 aromatic heterocycles. The maximum atomic E-state index is 8.76. The molecule has 1 aromatic rings. The van der Waals surface area contributed by atoms with Crippen molar-refractivity contribution >= 4 is 23.4 Å². The summed E-state index contributed by atoms with van der Waals surface area (Å²) in [7, 11) is 1.56. The van der Waals surface area contributed by atoms with Crippen LogP contribution in [-0.4, -0.2) is 24.2 Å². The second-order valence-electron chi connectivity index (χ2n) is 2.64. The molecule has 1 unspecified atom stereocenters. The highest BCUT2D eigenvalue weighted by molar-refractivity contribution is 7.99. The molecule has 0 bridgehead atoms. The zero-order chi connectivity index (χ0) is 10.6. The van der Waals surface area contributed by atoms with Crippen LogP contribution in [0.2, 0.25) is 5.02 Å². The molecule has 5 heteroatoms. The van der Waals surface area contributed by atoms with Crippen LogP contribution < -0.4 is 10.5 Å². The van der Waals surface area contributed by atoms with Gasteiger partial charge in [-0.3, -0.25) is 0 Å². The second kappa shape index (κ2) is 5.46. The summed E-state index contributed by atoms with van der Waals surface area (Å²) in [6, 6.07) is 5.39. The Morgan fingerprint density at radius 3 is 2.86 bits per heavy atom. The van der Waals surface area contributed by atoms with Gasteiger partial charge in [-0.25, -0.2) is 0 Å². The smallest absolute Gasteiger partial charge is 0.137 e. The van der Waals surface area contributed by atoms with Crippen molar-refractivity contribution in [1.29, 1.82) is 0 Å². The van der Waals surface area contributed by atoms with Crippen LogP contribution in [0.15, 0.2) is 23.1 Å². The van der Waals surface area contributed by atoms with Gasteiger partial charge in [0.05, 0.1) is 24.1 Å². The van der Waals surface area contributed by atoms with Gasteiger partial charge in [-0.15, -0.1) is 11.8 Å². The largest absolute Gasteiger partial charge is 0.495 e. The number of thioether (sulfide) groups is 1. The van der Waals surface area contributed by atoms with Gasteiger partial charge < -0.3 is 15.6 Å².